The van der Waals surface area contributed by atoms with E-state index >= 15 is 0 Å². The summed E-state index contributed by atoms with van der Waals surface area (Å²) in [6, 6.07) is 14.9. The smallest absolute Gasteiger partial charge is 0.227 e. The maximum Gasteiger partial charge on any atom is 0.227 e. The largest absolute Gasteiger partial charge is 0.326 e. The molecule has 0 unspecified atom stereocenters. The quantitative estimate of drug-likeness (QED) is 0.759. The third-order valence-corrected chi connectivity index (χ3v) is 6.00. The normalized spacial score (nSPS) is 15.4. The number of para-hydroxylation sites is 1. The monoisotopic (exact) mass is 409 g/mol. The Balaban J connectivity index is 1.30. The molecule has 0 spiro atoms. The van der Waals surface area contributed by atoms with E-state index in [1.807, 2.05) is 24.3 Å². The van der Waals surface area contributed by atoms with Crippen molar-refractivity contribution < 1.29 is 14.4 Å². The summed E-state index contributed by atoms with van der Waals surface area (Å²) < 4.78 is 0. The minimum Gasteiger partial charge on any atom is -0.326 e. The average Bonchev–Trinajstić information content (AvgIpc) is 3.57. The van der Waals surface area contributed by atoms with Crippen LogP contribution in [0.2, 0.25) is 0 Å². The minimum atomic E-state index is -0.219. The number of carbonyl (C=O) groups excluding carboxylic acids is 3. The number of fused-ring (bicyclic) bond motifs is 1. The van der Waals surface area contributed by atoms with Gasteiger partial charge in [0.05, 0.1) is 5.69 Å². The summed E-state index contributed by atoms with van der Waals surface area (Å²) in [7, 11) is 0. The number of benzene rings is 2. The number of hydrogen-bond acceptors (Lipinski definition) is 4. The highest BCUT2D eigenvalue weighted by Crippen LogP contribution is 2.34. The van der Waals surface area contributed by atoms with Crippen LogP contribution in [0.1, 0.15) is 25.7 Å². The molecule has 2 aromatic rings. The number of amides is 3. The van der Waals surface area contributed by atoms with E-state index in [4.69, 9.17) is 0 Å². The number of anilines is 3. The van der Waals surface area contributed by atoms with Crippen molar-refractivity contribution in [1.29, 1.82) is 0 Å². The second-order valence-electron chi connectivity index (χ2n) is 7.25. The van der Waals surface area contributed by atoms with Gasteiger partial charge in [0.1, 0.15) is 0 Å². The van der Waals surface area contributed by atoms with Crippen molar-refractivity contribution in [3.8, 4) is 0 Å². The Morgan fingerprint density at radius 3 is 2.52 bits per heavy atom. The molecule has 2 aromatic carbocycles. The van der Waals surface area contributed by atoms with Crippen LogP contribution >= 0.6 is 11.8 Å². The highest BCUT2D eigenvalue weighted by molar-refractivity contribution is 7.99. The van der Waals surface area contributed by atoms with Crippen molar-refractivity contribution in [2.24, 2.45) is 5.92 Å². The summed E-state index contributed by atoms with van der Waals surface area (Å²) in [6.07, 6.45) is 2.15. The van der Waals surface area contributed by atoms with Gasteiger partial charge < -0.3 is 15.5 Å². The maximum atomic E-state index is 12.7. The van der Waals surface area contributed by atoms with Crippen LogP contribution in [-0.4, -0.2) is 30.0 Å². The zero-order valence-electron chi connectivity index (χ0n) is 16.0. The van der Waals surface area contributed by atoms with Crippen LogP contribution in [-0.2, 0) is 14.4 Å². The lowest BCUT2D eigenvalue weighted by Gasteiger charge is -2.29. The Labute approximate surface area is 174 Å². The highest BCUT2D eigenvalue weighted by Gasteiger charge is 2.29. The Kier molecular flexibility index (Phi) is 5.85. The zero-order chi connectivity index (χ0) is 20.2. The Morgan fingerprint density at radius 1 is 0.966 bits per heavy atom. The highest BCUT2D eigenvalue weighted by atomic mass is 32.2. The zero-order valence-corrected chi connectivity index (χ0v) is 16.8. The third-order valence-electron chi connectivity index (χ3n) is 4.96. The van der Waals surface area contributed by atoms with E-state index in [9.17, 15) is 14.4 Å². The van der Waals surface area contributed by atoms with Gasteiger partial charge in [0.2, 0.25) is 17.7 Å². The summed E-state index contributed by atoms with van der Waals surface area (Å²) in [5, 5.41) is 5.68. The molecule has 150 valence electrons. The summed E-state index contributed by atoms with van der Waals surface area (Å²) in [5.74, 6) is 0.743. The van der Waals surface area contributed by atoms with Crippen molar-refractivity contribution in [3.63, 3.8) is 0 Å². The molecule has 0 bridgehead atoms. The van der Waals surface area contributed by atoms with E-state index in [0.29, 0.717) is 17.9 Å². The number of carbonyl (C=O) groups is 3. The first-order chi connectivity index (χ1) is 14.1. The van der Waals surface area contributed by atoms with E-state index in [0.717, 1.165) is 29.2 Å². The second-order valence-corrected chi connectivity index (χ2v) is 8.39. The lowest BCUT2D eigenvalue weighted by atomic mass is 10.2. The van der Waals surface area contributed by atoms with Crippen LogP contribution < -0.4 is 15.5 Å². The summed E-state index contributed by atoms with van der Waals surface area (Å²) in [6.45, 7) is 0.658. The summed E-state index contributed by atoms with van der Waals surface area (Å²) in [4.78, 5) is 39.7. The molecule has 0 atom stereocenters. The predicted molar refractivity (Wildman–Crippen MR) is 115 cm³/mol. The predicted octanol–water partition coefficient (Wildman–Crippen LogP) is 3.89. The minimum absolute atomic E-state index is 0.0269. The van der Waals surface area contributed by atoms with E-state index in [1.165, 1.54) is 0 Å². The fraction of sp³-hybridized carbons (Fsp3) is 0.318. The topological polar surface area (TPSA) is 78.5 Å². The molecule has 1 fully saturated rings. The number of hydrogen-bond donors (Lipinski definition) is 2. The molecule has 2 N–H and O–H groups in total. The van der Waals surface area contributed by atoms with Crippen LogP contribution in [0.5, 0.6) is 0 Å². The van der Waals surface area contributed by atoms with Gasteiger partial charge in [-0.2, -0.15) is 0 Å². The van der Waals surface area contributed by atoms with Crippen molar-refractivity contribution in [2.75, 3.05) is 27.8 Å². The molecule has 4 rings (SSSR count). The SMILES string of the molecule is O=C(CCC(=O)N1CCSc2ccccc21)Nc1cccc(NC(=O)C2CC2)c1. The maximum absolute atomic E-state index is 12.7. The Hall–Kier alpha value is -2.80. The lowest BCUT2D eigenvalue weighted by molar-refractivity contribution is -0.122. The summed E-state index contributed by atoms with van der Waals surface area (Å²) in [5.41, 5.74) is 2.20. The van der Waals surface area contributed by atoms with Gasteiger partial charge in [0, 0.05) is 47.3 Å². The first-order valence-electron chi connectivity index (χ1n) is 9.83. The molecule has 1 heterocycles. The van der Waals surface area contributed by atoms with Crippen molar-refractivity contribution in [1.82, 2.24) is 0 Å². The molecule has 1 aliphatic heterocycles. The van der Waals surface area contributed by atoms with Gasteiger partial charge in [-0.3, -0.25) is 14.4 Å². The molecule has 2 aliphatic rings. The molecular weight excluding hydrogens is 386 g/mol. The molecule has 1 saturated carbocycles. The van der Waals surface area contributed by atoms with Crippen LogP contribution in [0.25, 0.3) is 0 Å². The molecule has 1 aliphatic carbocycles. The number of thioether (sulfide) groups is 1. The molecule has 6 nitrogen and oxygen atoms in total. The molecule has 29 heavy (non-hydrogen) atoms. The molecule has 7 heteroatoms. The van der Waals surface area contributed by atoms with Gasteiger partial charge in [-0.15, -0.1) is 11.8 Å². The number of nitrogens with zero attached hydrogens (tertiary/aromatic N) is 1. The van der Waals surface area contributed by atoms with Crippen LogP contribution in [0.15, 0.2) is 53.4 Å². The van der Waals surface area contributed by atoms with Gasteiger partial charge in [0.25, 0.3) is 0 Å². The molecular formula is C22H23N3O3S. The van der Waals surface area contributed by atoms with Gasteiger partial charge in [0.15, 0.2) is 0 Å². The molecule has 0 radical (unpaired) electrons. The average molecular weight is 410 g/mol. The molecule has 3 amide bonds. The van der Waals surface area contributed by atoms with Crippen LogP contribution in [0.3, 0.4) is 0 Å². The fourth-order valence-corrected chi connectivity index (χ4v) is 4.27. The molecule has 0 aromatic heterocycles. The van der Waals surface area contributed by atoms with E-state index in [1.54, 1.807) is 40.9 Å². The van der Waals surface area contributed by atoms with E-state index in [-0.39, 0.29) is 36.5 Å². The third kappa shape index (κ3) is 4.98. The number of rotatable bonds is 6. The van der Waals surface area contributed by atoms with Crippen molar-refractivity contribution in [2.45, 2.75) is 30.6 Å². The first kappa shape index (κ1) is 19.5. The van der Waals surface area contributed by atoms with Gasteiger partial charge in [-0.05, 0) is 43.2 Å². The van der Waals surface area contributed by atoms with Gasteiger partial charge in [-0.1, -0.05) is 18.2 Å². The summed E-state index contributed by atoms with van der Waals surface area (Å²) >= 11 is 1.74. The van der Waals surface area contributed by atoms with E-state index < -0.39 is 0 Å². The fourth-order valence-electron chi connectivity index (χ4n) is 3.27. The lowest BCUT2D eigenvalue weighted by Crippen LogP contribution is -2.35. The Morgan fingerprint density at radius 2 is 1.72 bits per heavy atom. The van der Waals surface area contributed by atoms with Crippen LogP contribution in [0.4, 0.5) is 17.1 Å². The van der Waals surface area contributed by atoms with Gasteiger partial charge >= 0.3 is 0 Å². The van der Waals surface area contributed by atoms with Gasteiger partial charge in [-0.25, -0.2) is 0 Å². The van der Waals surface area contributed by atoms with Crippen molar-refractivity contribution >= 4 is 46.5 Å². The second kappa shape index (κ2) is 8.69. The Bertz CT molecular complexity index is 942. The van der Waals surface area contributed by atoms with Crippen LogP contribution in [0, 0.1) is 5.92 Å². The van der Waals surface area contributed by atoms with Crippen molar-refractivity contribution in [3.05, 3.63) is 48.5 Å². The first-order valence-corrected chi connectivity index (χ1v) is 10.8. The van der Waals surface area contributed by atoms with E-state index in [2.05, 4.69) is 10.6 Å². The number of nitrogens with one attached hydrogen (secondary N) is 2. The molecule has 0 saturated heterocycles. The standard InChI is InChI=1S/C22H23N3O3S/c26-20(23-16-4-3-5-17(14-16)24-22(28)15-8-9-15)10-11-21(27)25-12-13-29-19-7-2-1-6-18(19)25/h1-7,14-15H,8-13H2,(H,23,26)(H,24,28).